The number of carbonyl (C=O) groups excluding carboxylic acids is 2. The largest absolute Gasteiger partial charge is 0.450 e. The van der Waals surface area contributed by atoms with Crippen LogP contribution in [0.1, 0.15) is 24.4 Å². The Labute approximate surface area is 174 Å². The molecule has 1 heterocycles. The van der Waals surface area contributed by atoms with Crippen LogP contribution in [-0.2, 0) is 19.6 Å². The average molecular weight is 430 g/mol. The zero-order valence-electron chi connectivity index (χ0n) is 16.6. The van der Waals surface area contributed by atoms with Gasteiger partial charge in [-0.2, -0.15) is 4.31 Å². The minimum absolute atomic E-state index is 0.00922. The maximum atomic E-state index is 12.5. The Morgan fingerprint density at radius 2 is 1.70 bits per heavy atom. The fraction of sp³-hybridized carbons (Fsp3) is 0.238. The SMILES string of the molecule is CCN(CC)S(=O)(=O)c1ccc(NC(=O)COC(=O)c2cc3ccccc3o2)cc1. The Kier molecular flexibility index (Phi) is 6.53. The van der Waals surface area contributed by atoms with Crippen LogP contribution in [0.15, 0.2) is 63.9 Å². The van der Waals surface area contributed by atoms with Gasteiger partial charge >= 0.3 is 5.97 Å². The van der Waals surface area contributed by atoms with E-state index in [0.717, 1.165) is 5.39 Å². The van der Waals surface area contributed by atoms with E-state index in [9.17, 15) is 18.0 Å². The Hall–Kier alpha value is -3.17. The zero-order chi connectivity index (χ0) is 21.7. The molecule has 1 aromatic heterocycles. The summed E-state index contributed by atoms with van der Waals surface area (Å²) in [7, 11) is -3.57. The molecule has 0 aliphatic heterocycles. The van der Waals surface area contributed by atoms with E-state index in [0.29, 0.717) is 24.4 Å². The zero-order valence-corrected chi connectivity index (χ0v) is 17.4. The second-order valence-electron chi connectivity index (χ2n) is 6.39. The predicted molar refractivity (Wildman–Crippen MR) is 112 cm³/mol. The van der Waals surface area contributed by atoms with Crippen LogP contribution in [0.3, 0.4) is 0 Å². The number of benzene rings is 2. The minimum atomic E-state index is -3.57. The fourth-order valence-electron chi connectivity index (χ4n) is 2.90. The Morgan fingerprint density at radius 3 is 2.33 bits per heavy atom. The second-order valence-corrected chi connectivity index (χ2v) is 8.32. The van der Waals surface area contributed by atoms with Crippen LogP contribution >= 0.6 is 0 Å². The highest BCUT2D eigenvalue weighted by atomic mass is 32.2. The normalized spacial score (nSPS) is 11.6. The van der Waals surface area contributed by atoms with E-state index in [1.165, 1.54) is 28.6 Å². The van der Waals surface area contributed by atoms with Crippen molar-refractivity contribution in [1.29, 1.82) is 0 Å². The molecular weight excluding hydrogens is 408 g/mol. The first kappa shape index (κ1) is 21.5. The van der Waals surface area contributed by atoms with Crippen LogP contribution in [0.4, 0.5) is 5.69 Å². The van der Waals surface area contributed by atoms with Gasteiger partial charge in [0.05, 0.1) is 4.90 Å². The molecule has 30 heavy (non-hydrogen) atoms. The number of nitrogens with zero attached hydrogens (tertiary/aromatic N) is 1. The van der Waals surface area contributed by atoms with Crippen molar-refractivity contribution >= 4 is 38.6 Å². The molecule has 0 fully saturated rings. The van der Waals surface area contributed by atoms with Gasteiger partial charge in [-0.3, -0.25) is 4.79 Å². The van der Waals surface area contributed by atoms with Gasteiger partial charge in [0.25, 0.3) is 5.91 Å². The number of fused-ring (bicyclic) bond motifs is 1. The lowest BCUT2D eigenvalue weighted by Gasteiger charge is -2.18. The van der Waals surface area contributed by atoms with Gasteiger partial charge in [0.1, 0.15) is 5.58 Å². The van der Waals surface area contributed by atoms with Crippen molar-refractivity contribution in [1.82, 2.24) is 4.31 Å². The Bertz CT molecular complexity index is 1110. The molecule has 158 valence electrons. The summed E-state index contributed by atoms with van der Waals surface area (Å²) in [5.74, 6) is -1.30. The number of sulfonamides is 1. The number of nitrogens with one attached hydrogen (secondary N) is 1. The fourth-order valence-corrected chi connectivity index (χ4v) is 4.36. The van der Waals surface area contributed by atoms with E-state index in [4.69, 9.17) is 9.15 Å². The molecule has 0 bridgehead atoms. The number of ether oxygens (including phenoxy) is 1. The average Bonchev–Trinajstić information content (AvgIpc) is 3.17. The molecule has 1 N–H and O–H groups in total. The van der Waals surface area contributed by atoms with Crippen molar-refractivity contribution in [2.24, 2.45) is 0 Å². The predicted octanol–water partition coefficient (Wildman–Crippen LogP) is 3.26. The monoisotopic (exact) mass is 430 g/mol. The molecule has 0 aliphatic rings. The third-order valence-electron chi connectivity index (χ3n) is 4.44. The van der Waals surface area contributed by atoms with Crippen LogP contribution in [0.25, 0.3) is 11.0 Å². The van der Waals surface area contributed by atoms with E-state index in [1.807, 2.05) is 6.07 Å². The molecule has 0 saturated heterocycles. The summed E-state index contributed by atoms with van der Waals surface area (Å²) >= 11 is 0. The molecule has 8 nitrogen and oxygen atoms in total. The number of carbonyl (C=O) groups is 2. The molecule has 3 rings (SSSR count). The van der Waals surface area contributed by atoms with Crippen LogP contribution in [-0.4, -0.2) is 44.3 Å². The van der Waals surface area contributed by atoms with E-state index >= 15 is 0 Å². The minimum Gasteiger partial charge on any atom is -0.450 e. The van der Waals surface area contributed by atoms with Crippen molar-refractivity contribution in [2.75, 3.05) is 25.0 Å². The van der Waals surface area contributed by atoms with Gasteiger partial charge in [-0.15, -0.1) is 0 Å². The van der Waals surface area contributed by atoms with Gasteiger partial charge in [-0.1, -0.05) is 32.0 Å². The third-order valence-corrected chi connectivity index (χ3v) is 6.51. The van der Waals surface area contributed by atoms with Crippen molar-refractivity contribution < 1.29 is 27.2 Å². The number of hydrogen-bond donors (Lipinski definition) is 1. The quantitative estimate of drug-likeness (QED) is 0.550. The summed E-state index contributed by atoms with van der Waals surface area (Å²) in [6.45, 7) is 3.77. The third kappa shape index (κ3) is 4.69. The van der Waals surface area contributed by atoms with Gasteiger partial charge in [-0.05, 0) is 36.4 Å². The highest BCUT2D eigenvalue weighted by Gasteiger charge is 2.21. The smallest absolute Gasteiger partial charge is 0.374 e. The summed E-state index contributed by atoms with van der Waals surface area (Å²) in [6.07, 6.45) is 0. The molecule has 1 amide bonds. The van der Waals surface area contributed by atoms with E-state index in [-0.39, 0.29) is 10.7 Å². The maximum absolute atomic E-state index is 12.5. The standard InChI is InChI=1S/C21H22N2O6S/c1-3-23(4-2)30(26,27)17-11-9-16(10-12-17)22-20(24)14-28-21(25)19-13-15-7-5-6-8-18(15)29-19/h5-13H,3-4,14H2,1-2H3,(H,22,24). The molecular formula is C21H22N2O6S. The van der Waals surface area contributed by atoms with Gasteiger partial charge in [-0.25, -0.2) is 13.2 Å². The lowest BCUT2D eigenvalue weighted by atomic mass is 10.2. The number of furan rings is 1. The molecule has 0 spiro atoms. The summed E-state index contributed by atoms with van der Waals surface area (Å²) in [6, 6.07) is 14.5. The number of para-hydroxylation sites is 1. The molecule has 3 aromatic rings. The number of rotatable bonds is 8. The van der Waals surface area contributed by atoms with Crippen molar-refractivity contribution in [2.45, 2.75) is 18.7 Å². The summed E-state index contributed by atoms with van der Waals surface area (Å²) in [5.41, 5.74) is 0.937. The Balaban J connectivity index is 1.57. The second kappa shape index (κ2) is 9.10. The number of amides is 1. The first-order valence-corrected chi connectivity index (χ1v) is 10.8. The van der Waals surface area contributed by atoms with Crippen molar-refractivity contribution in [3.05, 3.63) is 60.4 Å². The molecule has 0 unspecified atom stereocenters. The van der Waals surface area contributed by atoms with Gasteiger partial charge in [0.15, 0.2) is 6.61 Å². The first-order valence-electron chi connectivity index (χ1n) is 9.41. The van der Waals surface area contributed by atoms with Crippen LogP contribution in [0, 0.1) is 0 Å². The molecule has 0 saturated carbocycles. The Morgan fingerprint density at radius 1 is 1.03 bits per heavy atom. The summed E-state index contributed by atoms with van der Waals surface area (Å²) < 4.78 is 36.7. The van der Waals surface area contributed by atoms with Crippen LogP contribution in [0.5, 0.6) is 0 Å². The van der Waals surface area contributed by atoms with Gasteiger partial charge in [0.2, 0.25) is 15.8 Å². The lowest BCUT2D eigenvalue weighted by Crippen LogP contribution is -2.30. The summed E-state index contributed by atoms with van der Waals surface area (Å²) in [5, 5.41) is 3.31. The van der Waals surface area contributed by atoms with Crippen molar-refractivity contribution in [3.8, 4) is 0 Å². The van der Waals surface area contributed by atoms with Gasteiger partial charge in [0, 0.05) is 24.2 Å². The number of anilines is 1. The molecule has 0 radical (unpaired) electrons. The maximum Gasteiger partial charge on any atom is 0.374 e. The topological polar surface area (TPSA) is 106 Å². The van der Waals surface area contributed by atoms with E-state index < -0.39 is 28.5 Å². The number of esters is 1. The summed E-state index contributed by atoms with van der Waals surface area (Å²) in [4.78, 5) is 24.3. The molecule has 2 aromatic carbocycles. The van der Waals surface area contributed by atoms with E-state index in [2.05, 4.69) is 5.32 Å². The number of hydrogen-bond acceptors (Lipinski definition) is 6. The van der Waals surface area contributed by atoms with E-state index in [1.54, 1.807) is 38.1 Å². The van der Waals surface area contributed by atoms with Crippen LogP contribution in [0.2, 0.25) is 0 Å². The van der Waals surface area contributed by atoms with Crippen LogP contribution < -0.4 is 5.32 Å². The molecule has 0 aliphatic carbocycles. The lowest BCUT2D eigenvalue weighted by molar-refractivity contribution is -0.119. The molecule has 9 heteroatoms. The highest BCUT2D eigenvalue weighted by molar-refractivity contribution is 7.89. The highest BCUT2D eigenvalue weighted by Crippen LogP contribution is 2.20. The molecule has 0 atom stereocenters. The van der Waals surface area contributed by atoms with Crippen molar-refractivity contribution in [3.63, 3.8) is 0 Å². The first-order chi connectivity index (χ1) is 14.3. The van der Waals surface area contributed by atoms with Gasteiger partial charge < -0.3 is 14.5 Å².